The molecular weight excluding hydrogens is 388 g/mol. The van der Waals surface area contributed by atoms with Crippen molar-refractivity contribution in [3.05, 3.63) is 0 Å². The molecule has 0 aromatic heterocycles. The minimum atomic E-state index is -4.69. The first-order chi connectivity index (χ1) is 9.41. The van der Waals surface area contributed by atoms with Crippen LogP contribution in [0.2, 0.25) is 0 Å². The zero-order valence-corrected chi connectivity index (χ0v) is 12.9. The molecule has 0 heterocycles. The third kappa shape index (κ3) is 413. The maximum Gasteiger partial charge on any atom is 0.0777 e. The molecule has 0 aromatic carbocycles. The van der Waals surface area contributed by atoms with Gasteiger partial charge in [-0.3, -0.25) is 0 Å². The molecule has 0 aliphatic rings. The molecule has 0 fully saturated rings. The largest absolute Gasteiger partial charge is 0.329 e. The standard InChI is InChI=1S/C4H13N3.3ClHO4/c5-1-3-7-4-2-6;3*2-1(3,4)5/h7H,1-6H2;3*(H,2,3,4,5). The number of halogens is 3. The van der Waals surface area contributed by atoms with Crippen molar-refractivity contribution in [1.82, 2.24) is 5.32 Å². The summed E-state index contributed by atoms with van der Waals surface area (Å²) in [5.74, 6) is 0. The van der Waals surface area contributed by atoms with Gasteiger partial charge in [0.05, 0.1) is 44.7 Å². The fraction of sp³-hybridized carbons (Fsp3) is 1.00. The normalized spacial score (nSPS) is 11.2. The van der Waals surface area contributed by atoms with E-state index < -0.39 is 30.7 Å². The van der Waals surface area contributed by atoms with Gasteiger partial charge in [-0.05, 0) is 0 Å². The Bertz CT molecular complexity index is 167. The van der Waals surface area contributed by atoms with Gasteiger partial charge in [-0.15, -0.1) is 0 Å². The van der Waals surface area contributed by atoms with Gasteiger partial charge in [-0.25, -0.2) is 0 Å². The van der Waals surface area contributed by atoms with Crippen molar-refractivity contribution in [1.29, 1.82) is 0 Å². The summed E-state index contributed by atoms with van der Waals surface area (Å²) < 4.78 is 98.2. The van der Waals surface area contributed by atoms with Crippen LogP contribution in [0, 0.1) is 30.7 Å². The van der Waals surface area contributed by atoms with Crippen LogP contribution in [0.5, 0.6) is 0 Å². The maximum absolute atomic E-state index is 8.60. The molecule has 0 rings (SSSR count). The van der Waals surface area contributed by atoms with Crippen molar-refractivity contribution in [2.45, 2.75) is 0 Å². The summed E-state index contributed by atoms with van der Waals surface area (Å²) in [6, 6.07) is 0. The van der Waals surface area contributed by atoms with Crippen LogP contribution >= 0.6 is 0 Å². The summed E-state index contributed by atoms with van der Waals surface area (Å²) in [4.78, 5) is 0. The Labute approximate surface area is 130 Å². The first kappa shape index (κ1) is 30.2. The fourth-order valence-electron chi connectivity index (χ4n) is 0.329. The molecule has 8 N–H and O–H groups in total. The molecule has 0 atom stereocenters. The lowest BCUT2D eigenvalue weighted by Gasteiger charge is -2.03. The molecule has 0 radical (unpaired) electrons. The minimum absolute atomic E-state index is 0.694. The predicted molar refractivity (Wildman–Crippen MR) is 37.6 cm³/mol. The van der Waals surface area contributed by atoms with Crippen LogP contribution in [0.1, 0.15) is 0 Å². The summed E-state index contributed by atoms with van der Waals surface area (Å²) in [5, 5.41) is 3.03. The molecule has 0 aliphatic carbocycles. The Morgan fingerprint density at radius 2 is 0.727 bits per heavy atom. The average Bonchev–Trinajstić information content (AvgIpc) is 2.10. The van der Waals surface area contributed by atoms with Gasteiger partial charge < -0.3 is 16.8 Å². The zero-order valence-electron chi connectivity index (χ0n) is 10.6. The third-order valence-electron chi connectivity index (χ3n) is 0.642. The first-order valence-corrected chi connectivity index (χ1v) is 8.21. The number of hydrogen-bond donors (Lipinski definition) is 6. The number of nitrogens with two attached hydrogens (primary N) is 2. The summed E-state index contributed by atoms with van der Waals surface area (Å²) in [6.07, 6.45) is 0. The Morgan fingerprint density at radius 1 is 0.591 bits per heavy atom. The molecule has 18 heteroatoms. The van der Waals surface area contributed by atoms with Gasteiger partial charge in [0.2, 0.25) is 0 Å². The van der Waals surface area contributed by atoms with Gasteiger partial charge >= 0.3 is 0 Å². The highest BCUT2D eigenvalue weighted by atomic mass is 35.7. The molecule has 0 saturated heterocycles. The highest BCUT2D eigenvalue weighted by molar-refractivity contribution is 4.45. The summed E-state index contributed by atoms with van der Waals surface area (Å²) in [6.45, 7) is 3.13. The van der Waals surface area contributed by atoms with Crippen molar-refractivity contribution in [3.63, 3.8) is 0 Å². The van der Waals surface area contributed by atoms with Crippen LogP contribution < -0.4 is 58.7 Å². The molecule has 0 aliphatic heterocycles. The minimum Gasteiger partial charge on any atom is -0.329 e. The smallest absolute Gasteiger partial charge is 0.0777 e. The number of hydrogen-bond acceptors (Lipinski definition) is 15. The van der Waals surface area contributed by atoms with Crippen LogP contribution in [0.4, 0.5) is 0 Å². The van der Waals surface area contributed by atoms with Crippen molar-refractivity contribution in [2.24, 2.45) is 11.5 Å². The van der Waals surface area contributed by atoms with Crippen LogP contribution in [-0.2, 0) is 0 Å². The third-order valence-corrected chi connectivity index (χ3v) is 0.642. The lowest BCUT2D eigenvalue weighted by molar-refractivity contribution is -1.92. The van der Waals surface area contributed by atoms with Crippen LogP contribution in [0.3, 0.4) is 0 Å². The maximum atomic E-state index is 8.60. The van der Waals surface area contributed by atoms with E-state index in [2.05, 4.69) is 5.32 Å². The summed E-state index contributed by atoms with van der Waals surface area (Å²) in [5.41, 5.74) is 10.3. The second-order valence-corrected chi connectivity index (χ2v) is 4.89. The molecule has 140 valence electrons. The van der Waals surface area contributed by atoms with Crippen LogP contribution in [0.25, 0.3) is 0 Å². The van der Waals surface area contributed by atoms with Crippen LogP contribution in [-0.4, -0.2) is 40.2 Å². The van der Waals surface area contributed by atoms with E-state index in [1.165, 1.54) is 0 Å². The van der Waals surface area contributed by atoms with Gasteiger partial charge in [-0.2, -0.15) is 41.9 Å². The van der Waals surface area contributed by atoms with Crippen molar-refractivity contribution in [3.8, 4) is 0 Å². The van der Waals surface area contributed by atoms with E-state index in [0.717, 1.165) is 13.1 Å². The quantitative estimate of drug-likeness (QED) is 0.237. The molecule has 22 heavy (non-hydrogen) atoms. The van der Waals surface area contributed by atoms with E-state index in [1.807, 2.05) is 0 Å². The summed E-state index contributed by atoms with van der Waals surface area (Å²) in [7, 11) is -14.1. The Balaban J connectivity index is -0.0000000995. The van der Waals surface area contributed by atoms with E-state index >= 15 is 0 Å². The topological polar surface area (TPSA) is 332 Å². The molecule has 0 saturated carbocycles. The Morgan fingerprint density at radius 3 is 0.818 bits per heavy atom. The van der Waals surface area contributed by atoms with Crippen molar-refractivity contribution in [2.75, 3.05) is 26.2 Å². The van der Waals surface area contributed by atoms with E-state index in [1.54, 1.807) is 0 Å². The van der Waals surface area contributed by atoms with Gasteiger partial charge in [0.15, 0.2) is 0 Å². The van der Waals surface area contributed by atoms with E-state index in [-0.39, 0.29) is 0 Å². The zero-order chi connectivity index (χ0) is 19.0. The monoisotopic (exact) mass is 403 g/mol. The molecule has 15 nitrogen and oxygen atoms in total. The average molecular weight is 405 g/mol. The van der Waals surface area contributed by atoms with Gasteiger partial charge in [0.1, 0.15) is 0 Å². The highest BCUT2D eigenvalue weighted by Gasteiger charge is 1.99. The van der Waals surface area contributed by atoms with E-state index in [9.17, 15) is 0 Å². The van der Waals surface area contributed by atoms with E-state index in [4.69, 9.17) is 67.4 Å². The molecular formula is C4H16Cl3N3O12. The van der Waals surface area contributed by atoms with Gasteiger partial charge in [0, 0.05) is 26.2 Å². The van der Waals surface area contributed by atoms with Crippen LogP contribution in [0.15, 0.2) is 0 Å². The molecule has 0 amide bonds. The van der Waals surface area contributed by atoms with Crippen molar-refractivity contribution < 1.29 is 86.6 Å². The first-order valence-electron chi connectivity index (χ1n) is 4.42. The lowest BCUT2D eigenvalue weighted by Crippen LogP contribution is -2.58. The second-order valence-electron chi connectivity index (χ2n) is 2.52. The Hall–Kier alpha value is 0.270. The van der Waals surface area contributed by atoms with Crippen molar-refractivity contribution >= 4 is 0 Å². The number of nitrogens with one attached hydrogen (secondary N) is 1. The van der Waals surface area contributed by atoms with Gasteiger partial charge in [0.25, 0.3) is 0 Å². The highest BCUT2D eigenvalue weighted by Crippen LogP contribution is 1.61. The molecule has 0 aromatic rings. The fourth-order valence-corrected chi connectivity index (χ4v) is 0.329. The summed E-state index contributed by atoms with van der Waals surface area (Å²) >= 11 is 0. The molecule has 0 spiro atoms. The predicted octanol–water partition coefficient (Wildman–Crippen LogP) is -13.9. The lowest BCUT2D eigenvalue weighted by atomic mass is 10.6. The number of rotatable bonds is 4. The Kier molecular flexibility index (Phi) is 22.1. The van der Waals surface area contributed by atoms with E-state index in [0.29, 0.717) is 13.1 Å². The molecule has 0 bridgehead atoms. The second kappa shape index (κ2) is 16.1. The molecule has 0 unspecified atom stereocenters. The SMILES string of the molecule is NCCNCCN.[O-][Cl+3]([O-])([O-])O.[O-][Cl+3]([O-])([O-])O.[O-][Cl+3]([O-])([O-])O. The van der Waals surface area contributed by atoms with Gasteiger partial charge in [-0.1, -0.05) is 0 Å².